The van der Waals surface area contributed by atoms with Gasteiger partial charge < -0.3 is 4.90 Å². The molecule has 0 fully saturated rings. The second-order valence-electron chi connectivity index (χ2n) is 4.29. The first-order valence-electron chi connectivity index (χ1n) is 5.64. The summed E-state index contributed by atoms with van der Waals surface area (Å²) in [5.41, 5.74) is 1.80. The number of rotatable bonds is 2. The molecule has 3 rings (SSSR count). The molecule has 0 unspecified atom stereocenters. The first kappa shape index (κ1) is 11.4. The number of aromatic amines is 1. The van der Waals surface area contributed by atoms with Crippen LogP contribution in [0.25, 0.3) is 28.1 Å². The minimum Gasteiger partial charge on any atom is -0.383 e. The highest BCUT2D eigenvalue weighted by Gasteiger charge is 2.13. The van der Waals surface area contributed by atoms with Crippen LogP contribution in [0.2, 0.25) is 0 Å². The van der Waals surface area contributed by atoms with E-state index in [1.807, 2.05) is 25.2 Å². The Kier molecular flexibility index (Phi) is 2.52. The lowest BCUT2D eigenvalue weighted by atomic mass is 10.1. The van der Waals surface area contributed by atoms with Gasteiger partial charge in [0, 0.05) is 32.6 Å². The van der Waals surface area contributed by atoms with Gasteiger partial charge in [0.25, 0.3) is 0 Å². The highest BCUT2D eigenvalue weighted by atomic mass is 16.6. The second-order valence-corrected chi connectivity index (χ2v) is 4.29. The lowest BCUT2D eigenvalue weighted by Crippen LogP contribution is -2.05. The van der Waals surface area contributed by atoms with Crippen molar-refractivity contribution in [1.29, 1.82) is 0 Å². The summed E-state index contributed by atoms with van der Waals surface area (Å²) in [6.07, 6.45) is 5.03. The molecule has 0 aromatic carbocycles. The van der Waals surface area contributed by atoms with Crippen molar-refractivity contribution in [1.82, 2.24) is 25.2 Å². The molecule has 0 radical (unpaired) electrons. The first-order chi connectivity index (χ1) is 9.16. The SMILES string of the molecule is CN(C)/C=C/c1nc2[nH]onc2c2nccc(=O)c12. The van der Waals surface area contributed by atoms with Crippen LogP contribution in [0.15, 0.2) is 27.9 Å². The monoisotopic (exact) mass is 257 g/mol. The van der Waals surface area contributed by atoms with E-state index in [1.165, 1.54) is 12.3 Å². The third kappa shape index (κ3) is 1.85. The third-order valence-corrected chi connectivity index (χ3v) is 2.66. The molecule has 96 valence electrons. The normalized spacial score (nSPS) is 11.7. The lowest BCUT2D eigenvalue weighted by Gasteiger charge is -2.04. The number of aromatic nitrogens is 4. The van der Waals surface area contributed by atoms with Crippen molar-refractivity contribution in [2.75, 3.05) is 14.1 Å². The number of nitrogens with one attached hydrogen (secondary N) is 1. The van der Waals surface area contributed by atoms with E-state index in [9.17, 15) is 4.79 Å². The largest absolute Gasteiger partial charge is 0.383 e. The van der Waals surface area contributed by atoms with Crippen molar-refractivity contribution in [3.8, 4) is 0 Å². The van der Waals surface area contributed by atoms with Gasteiger partial charge in [-0.25, -0.2) is 4.98 Å². The van der Waals surface area contributed by atoms with Crippen LogP contribution in [-0.2, 0) is 0 Å². The van der Waals surface area contributed by atoms with E-state index in [2.05, 4.69) is 20.3 Å². The molecule has 0 saturated carbocycles. The summed E-state index contributed by atoms with van der Waals surface area (Å²) in [5, 5.41) is 6.81. The molecule has 0 saturated heterocycles. The average Bonchev–Trinajstić information content (AvgIpc) is 2.84. The van der Waals surface area contributed by atoms with Crippen molar-refractivity contribution in [2.24, 2.45) is 0 Å². The Morgan fingerprint density at radius 3 is 3.00 bits per heavy atom. The summed E-state index contributed by atoms with van der Waals surface area (Å²) >= 11 is 0. The molecule has 7 heteroatoms. The van der Waals surface area contributed by atoms with Gasteiger partial charge in [-0.2, -0.15) is 5.16 Å². The molecular formula is C12H11N5O2. The van der Waals surface area contributed by atoms with Crippen LogP contribution < -0.4 is 5.43 Å². The second kappa shape index (κ2) is 4.20. The topological polar surface area (TPSA) is 87.9 Å². The van der Waals surface area contributed by atoms with E-state index in [0.717, 1.165) is 0 Å². The Morgan fingerprint density at radius 2 is 2.21 bits per heavy atom. The molecule has 0 aliphatic heterocycles. The Balaban J connectivity index is 2.43. The maximum absolute atomic E-state index is 12.0. The summed E-state index contributed by atoms with van der Waals surface area (Å²) < 4.78 is 4.78. The van der Waals surface area contributed by atoms with Crippen LogP contribution in [0.3, 0.4) is 0 Å². The van der Waals surface area contributed by atoms with Gasteiger partial charge in [-0.3, -0.25) is 14.4 Å². The number of nitrogens with zero attached hydrogens (tertiary/aromatic N) is 4. The molecule has 19 heavy (non-hydrogen) atoms. The van der Waals surface area contributed by atoms with Crippen molar-refractivity contribution in [3.05, 3.63) is 34.4 Å². The number of hydrogen-bond donors (Lipinski definition) is 1. The van der Waals surface area contributed by atoms with Crippen LogP contribution in [0, 0.1) is 0 Å². The van der Waals surface area contributed by atoms with Gasteiger partial charge in [0.05, 0.1) is 11.1 Å². The molecule has 3 aromatic rings. The minimum absolute atomic E-state index is 0.138. The Labute approximate surface area is 107 Å². The van der Waals surface area contributed by atoms with Gasteiger partial charge in [-0.05, 0) is 11.2 Å². The van der Waals surface area contributed by atoms with Crippen molar-refractivity contribution in [3.63, 3.8) is 0 Å². The summed E-state index contributed by atoms with van der Waals surface area (Å²) in [5.74, 6) is 0. The van der Waals surface area contributed by atoms with E-state index >= 15 is 0 Å². The third-order valence-electron chi connectivity index (χ3n) is 2.66. The summed E-state index contributed by atoms with van der Waals surface area (Å²) in [6, 6.07) is 1.41. The van der Waals surface area contributed by atoms with Crippen LogP contribution >= 0.6 is 0 Å². The summed E-state index contributed by atoms with van der Waals surface area (Å²) in [7, 11) is 3.78. The Bertz CT molecular complexity index is 831. The Hall–Kier alpha value is -2.70. The van der Waals surface area contributed by atoms with Crippen LogP contribution in [0.5, 0.6) is 0 Å². The number of pyridine rings is 2. The van der Waals surface area contributed by atoms with E-state index < -0.39 is 0 Å². The molecule has 7 nitrogen and oxygen atoms in total. The molecule has 0 amide bonds. The molecule has 3 heterocycles. The van der Waals surface area contributed by atoms with Gasteiger partial charge in [0.2, 0.25) is 0 Å². The zero-order valence-corrected chi connectivity index (χ0v) is 10.4. The molecular weight excluding hydrogens is 246 g/mol. The quantitative estimate of drug-likeness (QED) is 0.736. The number of hydrogen-bond acceptors (Lipinski definition) is 6. The summed E-state index contributed by atoms with van der Waals surface area (Å²) in [6.45, 7) is 0. The van der Waals surface area contributed by atoms with Gasteiger partial charge in [0.15, 0.2) is 16.6 Å². The maximum Gasteiger partial charge on any atom is 0.195 e. The van der Waals surface area contributed by atoms with Gasteiger partial charge in [0.1, 0.15) is 5.52 Å². The zero-order valence-electron chi connectivity index (χ0n) is 10.4. The minimum atomic E-state index is -0.138. The van der Waals surface area contributed by atoms with Crippen LogP contribution in [0.4, 0.5) is 0 Å². The fourth-order valence-electron chi connectivity index (χ4n) is 1.82. The van der Waals surface area contributed by atoms with Gasteiger partial charge in [-0.1, -0.05) is 0 Å². The lowest BCUT2D eigenvalue weighted by molar-refractivity contribution is 0.315. The Morgan fingerprint density at radius 1 is 1.37 bits per heavy atom. The predicted molar refractivity (Wildman–Crippen MR) is 70.4 cm³/mol. The predicted octanol–water partition coefficient (Wildman–Crippen LogP) is 0.992. The number of fused-ring (bicyclic) bond motifs is 3. The van der Waals surface area contributed by atoms with Crippen LogP contribution in [-0.4, -0.2) is 39.3 Å². The van der Waals surface area contributed by atoms with E-state index in [-0.39, 0.29) is 5.43 Å². The fourth-order valence-corrected chi connectivity index (χ4v) is 1.82. The highest BCUT2D eigenvalue weighted by Crippen LogP contribution is 2.20. The zero-order chi connectivity index (χ0) is 13.4. The van der Waals surface area contributed by atoms with E-state index in [4.69, 9.17) is 4.63 Å². The van der Waals surface area contributed by atoms with Crippen molar-refractivity contribution in [2.45, 2.75) is 0 Å². The molecule has 0 aliphatic rings. The van der Waals surface area contributed by atoms with Crippen molar-refractivity contribution >= 4 is 28.1 Å². The van der Waals surface area contributed by atoms with E-state index in [1.54, 1.807) is 6.08 Å². The smallest absolute Gasteiger partial charge is 0.195 e. The average molecular weight is 257 g/mol. The van der Waals surface area contributed by atoms with Gasteiger partial charge in [-0.15, -0.1) is 0 Å². The summed E-state index contributed by atoms with van der Waals surface area (Å²) in [4.78, 5) is 22.4. The van der Waals surface area contributed by atoms with E-state index in [0.29, 0.717) is 27.8 Å². The van der Waals surface area contributed by atoms with Crippen molar-refractivity contribution < 1.29 is 4.63 Å². The number of H-pyrrole nitrogens is 1. The molecule has 1 N–H and O–H groups in total. The van der Waals surface area contributed by atoms with Gasteiger partial charge >= 0.3 is 0 Å². The highest BCUT2D eigenvalue weighted by molar-refractivity contribution is 6.02. The first-order valence-corrected chi connectivity index (χ1v) is 5.64. The van der Waals surface area contributed by atoms with Crippen LogP contribution in [0.1, 0.15) is 5.69 Å². The molecule has 0 aliphatic carbocycles. The standard InChI is InChI=1S/C12H11N5O2/c1-17(2)6-4-7-9-8(18)3-5-13-10(9)11-12(14-7)16-19-15-11/h3-6H,1-2H3,(H,14,16)/b6-4+. The molecule has 0 atom stereocenters. The molecule has 0 spiro atoms. The maximum atomic E-state index is 12.0. The molecule has 3 aromatic heterocycles. The molecule has 0 bridgehead atoms. The fraction of sp³-hybridized carbons (Fsp3) is 0.167.